The summed E-state index contributed by atoms with van der Waals surface area (Å²) in [6.07, 6.45) is 0. The molecule has 2 aromatic rings. The quantitative estimate of drug-likeness (QED) is 0.915. The number of aromatic carboxylic acids is 1. The van der Waals surface area contributed by atoms with Crippen molar-refractivity contribution in [1.82, 2.24) is 0 Å². The van der Waals surface area contributed by atoms with Gasteiger partial charge in [0.05, 0.1) is 5.69 Å². The topological polar surface area (TPSA) is 74.7 Å². The third kappa shape index (κ3) is 2.77. The summed E-state index contributed by atoms with van der Waals surface area (Å²) in [6, 6.07) is 6.67. The van der Waals surface area contributed by atoms with E-state index in [1.54, 1.807) is 6.92 Å². The summed E-state index contributed by atoms with van der Waals surface area (Å²) in [5, 5.41) is 10.4. The normalized spacial score (nSPS) is 11.3. The fourth-order valence-electron chi connectivity index (χ4n) is 1.90. The van der Waals surface area contributed by atoms with Crippen LogP contribution in [-0.2, 0) is 10.0 Å². The van der Waals surface area contributed by atoms with Crippen LogP contribution in [0.25, 0.3) is 0 Å². The zero-order valence-corrected chi connectivity index (χ0v) is 12.6. The Labute approximate surface area is 125 Å². The molecule has 1 aromatic heterocycles. The molecule has 0 aliphatic heterocycles. The molecule has 5 nitrogen and oxygen atoms in total. The van der Waals surface area contributed by atoms with E-state index in [2.05, 4.69) is 0 Å². The highest BCUT2D eigenvalue weighted by Crippen LogP contribution is 2.30. The number of benzene rings is 1. The van der Waals surface area contributed by atoms with E-state index >= 15 is 0 Å². The highest BCUT2D eigenvalue weighted by molar-refractivity contribution is 7.93. The van der Waals surface area contributed by atoms with Crippen LogP contribution in [0, 0.1) is 5.82 Å². The molecule has 2 rings (SSSR count). The Bertz CT molecular complexity index is 770. The molecule has 0 saturated heterocycles. The van der Waals surface area contributed by atoms with Gasteiger partial charge in [0.2, 0.25) is 0 Å². The summed E-state index contributed by atoms with van der Waals surface area (Å²) in [6.45, 7) is 1.54. The van der Waals surface area contributed by atoms with E-state index in [4.69, 9.17) is 5.11 Å². The van der Waals surface area contributed by atoms with Crippen molar-refractivity contribution in [2.24, 2.45) is 0 Å². The second-order valence-electron chi connectivity index (χ2n) is 4.04. The molecule has 0 spiro atoms. The number of carboxylic acids is 1. The van der Waals surface area contributed by atoms with Crippen LogP contribution in [0.3, 0.4) is 0 Å². The molecule has 8 heteroatoms. The Morgan fingerprint density at radius 1 is 1.33 bits per heavy atom. The minimum atomic E-state index is -4.14. The van der Waals surface area contributed by atoms with E-state index in [1.165, 1.54) is 29.6 Å². The number of hydrogen-bond donors (Lipinski definition) is 1. The number of carboxylic acid groups (broad SMARTS) is 1. The molecule has 0 bridgehead atoms. The molecular formula is C13H12FNO4S2. The number of rotatable bonds is 5. The highest BCUT2D eigenvalue weighted by atomic mass is 32.2. The first-order valence-corrected chi connectivity index (χ1v) is 8.29. The predicted molar refractivity (Wildman–Crippen MR) is 77.9 cm³/mol. The van der Waals surface area contributed by atoms with Gasteiger partial charge in [0, 0.05) is 6.54 Å². The van der Waals surface area contributed by atoms with Crippen LogP contribution in [0.5, 0.6) is 0 Å². The predicted octanol–water partition coefficient (Wildman–Crippen LogP) is 2.80. The molecule has 1 aromatic carbocycles. The molecule has 0 radical (unpaired) electrons. The van der Waals surface area contributed by atoms with Gasteiger partial charge in [-0.2, -0.15) is 0 Å². The molecule has 0 amide bonds. The Morgan fingerprint density at radius 3 is 2.57 bits per heavy atom. The summed E-state index contributed by atoms with van der Waals surface area (Å²) in [4.78, 5) is 10.5. The van der Waals surface area contributed by atoms with Crippen molar-refractivity contribution in [1.29, 1.82) is 0 Å². The molecule has 1 heterocycles. The fourth-order valence-corrected chi connectivity index (χ4v) is 4.62. The van der Waals surface area contributed by atoms with Crippen molar-refractivity contribution < 1.29 is 22.7 Å². The molecule has 0 unspecified atom stereocenters. The lowest BCUT2D eigenvalue weighted by molar-refractivity contribution is 0.0698. The summed E-state index contributed by atoms with van der Waals surface area (Å²) in [5.41, 5.74) is -0.109. The first kappa shape index (κ1) is 15.5. The lowest BCUT2D eigenvalue weighted by atomic mass is 10.3. The summed E-state index contributed by atoms with van der Waals surface area (Å²) >= 11 is 0.813. The van der Waals surface area contributed by atoms with Gasteiger partial charge in [0.25, 0.3) is 10.0 Å². The van der Waals surface area contributed by atoms with Gasteiger partial charge in [-0.3, -0.25) is 4.31 Å². The maximum absolute atomic E-state index is 13.8. The van der Waals surface area contributed by atoms with Crippen LogP contribution in [0.4, 0.5) is 10.1 Å². The van der Waals surface area contributed by atoms with Crippen LogP contribution >= 0.6 is 11.3 Å². The lowest BCUT2D eigenvalue weighted by Gasteiger charge is -2.23. The van der Waals surface area contributed by atoms with Gasteiger partial charge in [0.15, 0.2) is 0 Å². The number of para-hydroxylation sites is 1. The van der Waals surface area contributed by atoms with E-state index in [1.807, 2.05) is 0 Å². The van der Waals surface area contributed by atoms with Crippen molar-refractivity contribution in [3.05, 3.63) is 46.4 Å². The molecular weight excluding hydrogens is 317 g/mol. The number of halogens is 1. The molecule has 0 atom stereocenters. The van der Waals surface area contributed by atoms with Crippen LogP contribution in [0.2, 0.25) is 0 Å². The van der Waals surface area contributed by atoms with Crippen molar-refractivity contribution in [2.75, 3.05) is 10.8 Å². The van der Waals surface area contributed by atoms with E-state index in [9.17, 15) is 17.6 Å². The second kappa shape index (κ2) is 5.82. The number of nitrogens with zero attached hydrogens (tertiary/aromatic N) is 1. The van der Waals surface area contributed by atoms with Crippen LogP contribution < -0.4 is 4.31 Å². The van der Waals surface area contributed by atoms with E-state index in [0.717, 1.165) is 21.7 Å². The van der Waals surface area contributed by atoms with Gasteiger partial charge in [-0.15, -0.1) is 11.3 Å². The monoisotopic (exact) mass is 329 g/mol. The largest absolute Gasteiger partial charge is 0.477 e. The van der Waals surface area contributed by atoms with E-state index in [-0.39, 0.29) is 22.0 Å². The van der Waals surface area contributed by atoms with Crippen molar-refractivity contribution in [3.8, 4) is 0 Å². The van der Waals surface area contributed by atoms with E-state index < -0.39 is 21.8 Å². The number of anilines is 1. The summed E-state index contributed by atoms with van der Waals surface area (Å²) in [7, 11) is -4.14. The van der Waals surface area contributed by atoms with Crippen LogP contribution in [0.1, 0.15) is 16.6 Å². The fraction of sp³-hybridized carbons (Fsp3) is 0.154. The van der Waals surface area contributed by atoms with Gasteiger partial charge in [-0.25, -0.2) is 17.6 Å². The van der Waals surface area contributed by atoms with Crippen molar-refractivity contribution in [2.45, 2.75) is 11.8 Å². The highest BCUT2D eigenvalue weighted by Gasteiger charge is 2.30. The van der Waals surface area contributed by atoms with Crippen molar-refractivity contribution >= 4 is 33.0 Å². The van der Waals surface area contributed by atoms with Crippen molar-refractivity contribution in [3.63, 3.8) is 0 Å². The molecule has 112 valence electrons. The average Bonchev–Trinajstić information content (AvgIpc) is 2.91. The third-order valence-electron chi connectivity index (χ3n) is 2.80. The van der Waals surface area contributed by atoms with Gasteiger partial charge < -0.3 is 5.11 Å². The smallest absolute Gasteiger partial charge is 0.347 e. The molecule has 1 N–H and O–H groups in total. The molecule has 0 fully saturated rings. The first-order valence-electron chi connectivity index (χ1n) is 5.97. The molecule has 0 aliphatic carbocycles. The van der Waals surface area contributed by atoms with Gasteiger partial charge in [0.1, 0.15) is 15.6 Å². The summed E-state index contributed by atoms with van der Waals surface area (Å²) in [5.74, 6) is -2.01. The molecule has 0 aliphatic rings. The number of hydrogen-bond acceptors (Lipinski definition) is 4. The Balaban J connectivity index is 2.58. The zero-order valence-electron chi connectivity index (χ0n) is 11.0. The minimum Gasteiger partial charge on any atom is -0.477 e. The minimum absolute atomic E-state index is 0.0157. The molecule has 0 saturated carbocycles. The first-order chi connectivity index (χ1) is 9.89. The van der Waals surface area contributed by atoms with Gasteiger partial charge >= 0.3 is 5.97 Å². The number of carbonyl (C=O) groups is 1. The number of sulfonamides is 1. The zero-order chi connectivity index (χ0) is 15.6. The average molecular weight is 329 g/mol. The SMILES string of the molecule is CCN(c1ccccc1F)S(=O)(=O)c1ccsc1C(=O)O. The Morgan fingerprint density at radius 2 is 2.00 bits per heavy atom. The standard InChI is InChI=1S/C13H12FNO4S2/c1-2-15(10-6-4-3-5-9(10)14)21(18,19)11-7-8-20-12(11)13(16)17/h3-8H,2H2,1H3,(H,16,17). The van der Waals surface area contributed by atoms with Gasteiger partial charge in [-0.1, -0.05) is 12.1 Å². The Hall–Kier alpha value is -1.93. The number of thiophene rings is 1. The second-order valence-corrected chi connectivity index (χ2v) is 6.79. The maximum Gasteiger partial charge on any atom is 0.347 e. The third-order valence-corrected chi connectivity index (χ3v) is 5.76. The molecule has 21 heavy (non-hydrogen) atoms. The maximum atomic E-state index is 13.8. The van der Waals surface area contributed by atoms with E-state index in [0.29, 0.717) is 0 Å². The lowest BCUT2D eigenvalue weighted by Crippen LogP contribution is -2.32. The summed E-state index contributed by atoms with van der Waals surface area (Å²) < 4.78 is 39.9. The van der Waals surface area contributed by atoms with Crippen LogP contribution in [0.15, 0.2) is 40.6 Å². The van der Waals surface area contributed by atoms with Gasteiger partial charge in [-0.05, 0) is 30.5 Å². The van der Waals surface area contributed by atoms with Crippen LogP contribution in [-0.4, -0.2) is 26.0 Å². The Kier molecular flexibility index (Phi) is 4.29.